The maximum atomic E-state index is 12.1. The van der Waals surface area contributed by atoms with Crippen LogP contribution in [0.5, 0.6) is 0 Å². The zero-order valence-corrected chi connectivity index (χ0v) is 12.3. The molecule has 0 radical (unpaired) electrons. The molecule has 0 aliphatic carbocycles. The van der Waals surface area contributed by atoms with Crippen molar-refractivity contribution >= 4 is 40.4 Å². The Kier molecular flexibility index (Phi) is 4.68. The van der Waals surface area contributed by atoms with Gasteiger partial charge in [-0.25, -0.2) is 4.98 Å². The first-order valence-corrected chi connectivity index (χ1v) is 7.14. The second kappa shape index (κ2) is 6.27. The van der Waals surface area contributed by atoms with Crippen molar-refractivity contribution < 1.29 is 4.79 Å². The van der Waals surface area contributed by atoms with Crippen molar-refractivity contribution in [2.24, 2.45) is 0 Å². The van der Waals surface area contributed by atoms with E-state index in [1.54, 1.807) is 6.20 Å². The fourth-order valence-corrected chi connectivity index (χ4v) is 2.59. The van der Waals surface area contributed by atoms with Gasteiger partial charge in [0.05, 0.1) is 11.6 Å². The number of nitrogens with zero attached hydrogens (tertiary/aromatic N) is 3. The molecular weight excluding hydrogens is 307 g/mol. The third-order valence-corrected chi connectivity index (χ3v) is 3.78. The third-order valence-electron chi connectivity index (χ3n) is 2.43. The van der Waals surface area contributed by atoms with Gasteiger partial charge in [0.25, 0.3) is 5.91 Å². The Balaban J connectivity index is 2.18. The lowest BCUT2D eigenvalue weighted by Crippen LogP contribution is -2.28. The van der Waals surface area contributed by atoms with Gasteiger partial charge in [0.15, 0.2) is 10.3 Å². The van der Waals surface area contributed by atoms with E-state index in [0.29, 0.717) is 0 Å². The summed E-state index contributed by atoms with van der Waals surface area (Å²) >= 11 is 13.0. The number of aromatic nitrogens is 3. The van der Waals surface area contributed by atoms with Crippen molar-refractivity contribution in [3.05, 3.63) is 38.5 Å². The monoisotopic (exact) mass is 316 g/mol. The van der Waals surface area contributed by atoms with E-state index in [2.05, 4.69) is 20.5 Å². The highest BCUT2D eigenvalue weighted by Crippen LogP contribution is 2.21. The standard InChI is InChI=1S/C11H10Cl2N4OS/c1-2-7(11-14-3-4-19-11)15-10(18)6-5-8(12)16-17-9(6)13/h3-5,7H,2H2,1H3,(H,15,18). The fourth-order valence-electron chi connectivity index (χ4n) is 1.49. The molecule has 2 aromatic rings. The van der Waals surface area contributed by atoms with Crippen molar-refractivity contribution in [3.8, 4) is 0 Å². The number of hydrogen-bond donors (Lipinski definition) is 1. The molecule has 0 saturated heterocycles. The van der Waals surface area contributed by atoms with Gasteiger partial charge in [-0.3, -0.25) is 4.79 Å². The van der Waals surface area contributed by atoms with E-state index in [0.717, 1.165) is 11.4 Å². The van der Waals surface area contributed by atoms with Crippen molar-refractivity contribution in [1.82, 2.24) is 20.5 Å². The minimum absolute atomic E-state index is 0.0240. The van der Waals surface area contributed by atoms with Crippen LogP contribution in [0.1, 0.15) is 34.8 Å². The number of amides is 1. The summed E-state index contributed by atoms with van der Waals surface area (Å²) in [4.78, 5) is 16.3. The number of nitrogens with one attached hydrogen (secondary N) is 1. The van der Waals surface area contributed by atoms with Gasteiger partial charge in [0.1, 0.15) is 5.01 Å². The maximum Gasteiger partial charge on any atom is 0.255 e. The van der Waals surface area contributed by atoms with Crippen LogP contribution >= 0.6 is 34.5 Å². The van der Waals surface area contributed by atoms with E-state index in [9.17, 15) is 4.79 Å². The fraction of sp³-hybridized carbons (Fsp3) is 0.273. The molecule has 1 amide bonds. The molecule has 2 aromatic heterocycles. The summed E-state index contributed by atoms with van der Waals surface area (Å²) in [6.07, 6.45) is 2.43. The van der Waals surface area contributed by atoms with Crippen molar-refractivity contribution in [2.75, 3.05) is 0 Å². The summed E-state index contributed by atoms with van der Waals surface area (Å²) in [6, 6.07) is 1.23. The Hall–Kier alpha value is -1.24. The van der Waals surface area contributed by atoms with Crippen molar-refractivity contribution in [2.45, 2.75) is 19.4 Å². The number of carbonyl (C=O) groups excluding carboxylic acids is 1. The SMILES string of the molecule is CCC(NC(=O)c1cc(Cl)nnc1Cl)c1nccs1. The van der Waals surface area contributed by atoms with Gasteiger partial charge in [0.2, 0.25) is 0 Å². The highest BCUT2D eigenvalue weighted by Gasteiger charge is 2.19. The highest BCUT2D eigenvalue weighted by atomic mass is 35.5. The Bertz CT molecular complexity index is 576. The van der Waals surface area contributed by atoms with Crippen LogP contribution in [0, 0.1) is 0 Å². The smallest absolute Gasteiger partial charge is 0.255 e. The molecule has 5 nitrogen and oxygen atoms in total. The predicted octanol–water partition coefficient (Wildman–Crippen LogP) is 3.12. The van der Waals surface area contributed by atoms with Gasteiger partial charge in [-0.1, -0.05) is 30.1 Å². The minimum Gasteiger partial charge on any atom is -0.343 e. The largest absolute Gasteiger partial charge is 0.343 e. The van der Waals surface area contributed by atoms with Crippen LogP contribution in [0.3, 0.4) is 0 Å². The average Bonchev–Trinajstić information content (AvgIpc) is 2.92. The molecule has 1 unspecified atom stereocenters. The minimum atomic E-state index is -0.344. The van der Waals surface area contributed by atoms with E-state index in [1.165, 1.54) is 17.4 Å². The molecule has 8 heteroatoms. The number of rotatable bonds is 4. The zero-order valence-electron chi connectivity index (χ0n) is 9.93. The second-order valence-corrected chi connectivity index (χ2v) is 5.35. The van der Waals surface area contributed by atoms with E-state index >= 15 is 0 Å². The first kappa shape index (κ1) is 14.2. The van der Waals surface area contributed by atoms with Gasteiger partial charge in [-0.05, 0) is 12.5 Å². The summed E-state index contributed by atoms with van der Waals surface area (Å²) < 4.78 is 0. The molecule has 0 saturated carbocycles. The number of hydrogen-bond acceptors (Lipinski definition) is 5. The molecule has 100 valence electrons. The topological polar surface area (TPSA) is 67.8 Å². The van der Waals surface area contributed by atoms with Gasteiger partial charge < -0.3 is 5.32 Å². The second-order valence-electron chi connectivity index (χ2n) is 3.68. The lowest BCUT2D eigenvalue weighted by molar-refractivity contribution is 0.0935. The van der Waals surface area contributed by atoms with Crippen LogP contribution in [-0.4, -0.2) is 21.1 Å². The Morgan fingerprint density at radius 2 is 2.26 bits per heavy atom. The van der Waals surface area contributed by atoms with E-state index < -0.39 is 0 Å². The Morgan fingerprint density at radius 3 is 2.89 bits per heavy atom. The van der Waals surface area contributed by atoms with Crippen LogP contribution in [-0.2, 0) is 0 Å². The summed E-state index contributed by atoms with van der Waals surface area (Å²) in [7, 11) is 0. The van der Waals surface area contributed by atoms with Crippen LogP contribution < -0.4 is 5.32 Å². The van der Waals surface area contributed by atoms with Crippen LogP contribution in [0.25, 0.3) is 0 Å². The third kappa shape index (κ3) is 3.40. The Morgan fingerprint density at radius 1 is 1.47 bits per heavy atom. The van der Waals surface area contributed by atoms with Crippen LogP contribution in [0.2, 0.25) is 10.3 Å². The van der Waals surface area contributed by atoms with Crippen molar-refractivity contribution in [1.29, 1.82) is 0 Å². The number of carbonyl (C=O) groups is 1. The quantitative estimate of drug-likeness (QED) is 0.941. The molecule has 0 aliphatic heterocycles. The summed E-state index contributed by atoms with van der Waals surface area (Å²) in [5.41, 5.74) is 0.205. The highest BCUT2D eigenvalue weighted by molar-refractivity contribution is 7.09. The molecule has 0 fully saturated rings. The summed E-state index contributed by atoms with van der Waals surface area (Å²) in [5.74, 6) is -0.344. The average molecular weight is 317 g/mol. The van der Waals surface area contributed by atoms with E-state index in [-0.39, 0.29) is 27.8 Å². The maximum absolute atomic E-state index is 12.1. The van der Waals surface area contributed by atoms with E-state index in [1.807, 2.05) is 12.3 Å². The van der Waals surface area contributed by atoms with Gasteiger partial charge in [0, 0.05) is 11.6 Å². The normalized spacial score (nSPS) is 12.2. The lowest BCUT2D eigenvalue weighted by Gasteiger charge is -2.14. The van der Waals surface area contributed by atoms with Crippen molar-refractivity contribution in [3.63, 3.8) is 0 Å². The first-order chi connectivity index (χ1) is 9.11. The molecule has 1 atom stereocenters. The zero-order chi connectivity index (χ0) is 13.8. The molecule has 1 N–H and O–H groups in total. The molecule has 2 heterocycles. The Labute approximate surface area is 124 Å². The predicted molar refractivity (Wildman–Crippen MR) is 74.7 cm³/mol. The number of thiazole rings is 1. The van der Waals surface area contributed by atoms with E-state index in [4.69, 9.17) is 23.2 Å². The molecule has 0 aromatic carbocycles. The lowest BCUT2D eigenvalue weighted by atomic mass is 10.2. The molecular formula is C11H10Cl2N4OS. The van der Waals surface area contributed by atoms with Gasteiger partial charge in [-0.2, -0.15) is 0 Å². The first-order valence-electron chi connectivity index (χ1n) is 5.50. The molecule has 19 heavy (non-hydrogen) atoms. The van der Waals surface area contributed by atoms with Gasteiger partial charge >= 0.3 is 0 Å². The molecule has 0 aliphatic rings. The molecule has 0 spiro atoms. The molecule has 0 bridgehead atoms. The number of halogens is 2. The van der Waals surface area contributed by atoms with Crippen LogP contribution in [0.15, 0.2) is 17.6 Å². The molecule has 2 rings (SSSR count). The summed E-state index contributed by atoms with van der Waals surface area (Å²) in [5, 5.41) is 12.9. The summed E-state index contributed by atoms with van der Waals surface area (Å²) in [6.45, 7) is 1.96. The van der Waals surface area contributed by atoms with Crippen LogP contribution in [0.4, 0.5) is 0 Å². The van der Waals surface area contributed by atoms with Gasteiger partial charge in [-0.15, -0.1) is 21.5 Å².